The maximum absolute atomic E-state index is 8.46. The third kappa shape index (κ3) is 3.08. The number of rotatable bonds is 3. The van der Waals surface area contributed by atoms with E-state index in [-0.39, 0.29) is 0 Å². The van der Waals surface area contributed by atoms with Crippen molar-refractivity contribution in [1.82, 2.24) is 5.32 Å². The van der Waals surface area contributed by atoms with Crippen molar-refractivity contribution < 1.29 is 4.79 Å². The number of hydrogen-bond donors (Lipinski definition) is 1. The van der Waals surface area contributed by atoms with E-state index >= 15 is 0 Å². The molecule has 0 aliphatic heterocycles. The number of nitrogens with one attached hydrogen (secondary N) is 1. The van der Waals surface area contributed by atoms with E-state index in [0.717, 1.165) is 6.54 Å². The highest BCUT2D eigenvalue weighted by atomic mass is 14.9. The predicted octanol–water partition coefficient (Wildman–Crippen LogP) is 0.766. The Morgan fingerprint density at radius 1 is 1.62 bits per heavy atom. The van der Waals surface area contributed by atoms with Gasteiger partial charge in [0.2, 0.25) is 0 Å². The Balaban J connectivity index is 2.40. The van der Waals surface area contributed by atoms with Crippen LogP contribution in [0.2, 0.25) is 0 Å². The van der Waals surface area contributed by atoms with Crippen molar-refractivity contribution in [2.75, 3.05) is 13.1 Å². The van der Waals surface area contributed by atoms with E-state index in [9.17, 15) is 0 Å². The second kappa shape index (κ2) is 5.10. The van der Waals surface area contributed by atoms with Gasteiger partial charge in [-0.15, -0.1) is 6.42 Å². The number of allylic oxidation sites excluding steroid dienone is 2. The van der Waals surface area contributed by atoms with E-state index < -0.39 is 0 Å². The minimum Gasteiger partial charge on any atom is -0.361 e. The van der Waals surface area contributed by atoms with Crippen molar-refractivity contribution in [1.29, 1.82) is 0 Å². The summed E-state index contributed by atoms with van der Waals surface area (Å²) >= 11 is 0. The van der Waals surface area contributed by atoms with E-state index in [2.05, 4.69) is 16.0 Å². The van der Waals surface area contributed by atoms with Gasteiger partial charge in [0.15, 0.2) is 0 Å². The topological polar surface area (TPSA) is 48.4 Å². The molecule has 3 nitrogen and oxygen atoms in total. The van der Waals surface area contributed by atoms with Gasteiger partial charge < -0.3 is 10.8 Å². The maximum Gasteiger partial charge on any atom is 0.295 e. The van der Waals surface area contributed by atoms with Gasteiger partial charge in [-0.2, -0.15) is 4.79 Å². The summed E-state index contributed by atoms with van der Waals surface area (Å²) in [5, 5.41) is 3.08. The van der Waals surface area contributed by atoms with Gasteiger partial charge in [0.1, 0.15) is 0 Å². The van der Waals surface area contributed by atoms with E-state index in [4.69, 9.17) is 12.0 Å². The fraction of sp³-hybridized carbons (Fsp3) is 0.300. The van der Waals surface area contributed by atoms with Crippen LogP contribution in [0.4, 0.5) is 0 Å². The Morgan fingerprint density at radius 2 is 2.46 bits per heavy atom. The summed E-state index contributed by atoms with van der Waals surface area (Å²) in [4.78, 5) is 3.11. The molecular formula is C10H11N3. The fourth-order valence-electron chi connectivity index (χ4n) is 1.06. The molecule has 1 aliphatic carbocycles. The first-order valence-electron chi connectivity index (χ1n) is 4.09. The average Bonchev–Trinajstić information content (AvgIpc) is 2.19. The molecule has 3 heteroatoms. The number of nitrogens with zero attached hydrogens (tertiary/aromatic N) is 2. The van der Waals surface area contributed by atoms with Crippen LogP contribution in [-0.4, -0.2) is 23.6 Å². The largest absolute Gasteiger partial charge is 0.361 e. The molecule has 0 fully saturated rings. The lowest BCUT2D eigenvalue weighted by Gasteiger charge is -2.04. The maximum atomic E-state index is 8.46. The van der Waals surface area contributed by atoms with Gasteiger partial charge >= 0.3 is 0 Å². The summed E-state index contributed by atoms with van der Waals surface area (Å²) in [5.74, 6) is 2.50. The first-order valence-corrected chi connectivity index (χ1v) is 4.09. The molecule has 0 bridgehead atoms. The monoisotopic (exact) mass is 173 g/mol. The van der Waals surface area contributed by atoms with Gasteiger partial charge in [-0.05, 0) is 5.57 Å². The highest BCUT2D eigenvalue weighted by molar-refractivity contribution is 5.93. The van der Waals surface area contributed by atoms with Crippen molar-refractivity contribution in [3.05, 3.63) is 29.3 Å². The van der Waals surface area contributed by atoms with Crippen LogP contribution in [-0.2, 0) is 0 Å². The normalized spacial score (nSPS) is 14.7. The third-order valence-corrected chi connectivity index (χ3v) is 1.75. The highest BCUT2D eigenvalue weighted by Crippen LogP contribution is 2.05. The van der Waals surface area contributed by atoms with E-state index in [1.165, 1.54) is 5.57 Å². The number of terminal acetylenes is 1. The van der Waals surface area contributed by atoms with Crippen molar-refractivity contribution in [3.8, 4) is 12.3 Å². The molecule has 0 spiro atoms. The summed E-state index contributed by atoms with van der Waals surface area (Å²) in [7, 11) is 0. The molecule has 0 aromatic carbocycles. The molecular weight excluding hydrogens is 162 g/mol. The summed E-state index contributed by atoms with van der Waals surface area (Å²) in [6.45, 7) is 1.34. The quantitative estimate of drug-likeness (QED) is 0.291. The van der Waals surface area contributed by atoms with Crippen LogP contribution in [0.25, 0.3) is 5.53 Å². The van der Waals surface area contributed by atoms with E-state index in [1.54, 1.807) is 6.08 Å². The zero-order valence-corrected chi connectivity index (χ0v) is 7.33. The predicted molar refractivity (Wildman–Crippen MR) is 52.2 cm³/mol. The van der Waals surface area contributed by atoms with Crippen LogP contribution >= 0.6 is 0 Å². The van der Waals surface area contributed by atoms with Gasteiger partial charge in [0.25, 0.3) is 5.71 Å². The van der Waals surface area contributed by atoms with Crippen LogP contribution in [0, 0.1) is 12.3 Å². The van der Waals surface area contributed by atoms with Crippen LogP contribution < -0.4 is 5.32 Å². The Labute approximate surface area is 77.8 Å². The summed E-state index contributed by atoms with van der Waals surface area (Å²) in [6.07, 6.45) is 11.5. The molecule has 1 aliphatic rings. The average molecular weight is 173 g/mol. The van der Waals surface area contributed by atoms with Crippen molar-refractivity contribution in [2.24, 2.45) is 0 Å². The first kappa shape index (κ1) is 9.47. The number of hydrogen-bond acceptors (Lipinski definition) is 1. The molecule has 1 rings (SSSR count). The molecule has 13 heavy (non-hydrogen) atoms. The van der Waals surface area contributed by atoms with Gasteiger partial charge in [-0.3, -0.25) is 0 Å². The summed E-state index contributed by atoms with van der Waals surface area (Å²) < 4.78 is 0. The molecule has 0 radical (unpaired) electrons. The Kier molecular flexibility index (Phi) is 3.72. The van der Waals surface area contributed by atoms with Gasteiger partial charge in [0, 0.05) is 12.6 Å². The Hall–Kier alpha value is -1.62. The molecule has 0 aromatic heterocycles. The molecule has 0 unspecified atom stereocenters. The van der Waals surface area contributed by atoms with Crippen LogP contribution in [0.3, 0.4) is 0 Å². The fourth-order valence-corrected chi connectivity index (χ4v) is 1.06. The summed E-state index contributed by atoms with van der Waals surface area (Å²) in [6, 6.07) is 0. The smallest absolute Gasteiger partial charge is 0.295 e. The molecule has 0 saturated carbocycles. The molecule has 0 atom stereocenters. The lowest BCUT2D eigenvalue weighted by Crippen LogP contribution is -2.17. The lowest BCUT2D eigenvalue weighted by molar-refractivity contribution is -0.00540. The van der Waals surface area contributed by atoms with Crippen LogP contribution in [0.1, 0.15) is 6.42 Å². The minimum absolute atomic E-state index is 0.576. The Bertz CT molecular complexity index is 325. The molecule has 0 amide bonds. The Morgan fingerprint density at radius 3 is 3.00 bits per heavy atom. The van der Waals surface area contributed by atoms with Crippen LogP contribution in [0.15, 0.2) is 23.8 Å². The zero-order chi connectivity index (χ0) is 9.52. The van der Waals surface area contributed by atoms with Crippen LogP contribution in [0.5, 0.6) is 0 Å². The van der Waals surface area contributed by atoms with Crippen molar-refractivity contribution in [3.63, 3.8) is 0 Å². The molecule has 0 saturated heterocycles. The highest BCUT2D eigenvalue weighted by Gasteiger charge is 2.06. The lowest BCUT2D eigenvalue weighted by atomic mass is 10.1. The summed E-state index contributed by atoms with van der Waals surface area (Å²) in [5.41, 5.74) is 10.3. The molecule has 1 N–H and O–H groups in total. The van der Waals surface area contributed by atoms with Crippen molar-refractivity contribution >= 4 is 5.71 Å². The molecule has 0 aromatic rings. The van der Waals surface area contributed by atoms with Gasteiger partial charge in [0.05, 0.1) is 13.0 Å². The standard InChI is InChI=1S/C10H11N3/c1-2-7-12-8-9-3-5-10(13-11)6-4-9/h1,3-5,12H,6-8H2. The van der Waals surface area contributed by atoms with Gasteiger partial charge in [-0.1, -0.05) is 18.1 Å². The minimum atomic E-state index is 0.576. The van der Waals surface area contributed by atoms with E-state index in [0.29, 0.717) is 18.7 Å². The third-order valence-electron chi connectivity index (χ3n) is 1.75. The molecule has 0 heterocycles. The van der Waals surface area contributed by atoms with E-state index in [1.807, 2.05) is 12.2 Å². The SMILES string of the molecule is C#CCNCC1=CCC(=[N+]=[N-])C=C1. The molecule has 66 valence electrons. The van der Waals surface area contributed by atoms with Gasteiger partial charge in [-0.25, -0.2) is 0 Å². The second-order valence-corrected chi connectivity index (χ2v) is 2.72. The van der Waals surface area contributed by atoms with Crippen molar-refractivity contribution in [2.45, 2.75) is 6.42 Å². The second-order valence-electron chi connectivity index (χ2n) is 2.72. The zero-order valence-electron chi connectivity index (χ0n) is 7.33. The first-order chi connectivity index (χ1) is 6.36.